The lowest BCUT2D eigenvalue weighted by Crippen LogP contribution is -3.13. The zero-order valence-corrected chi connectivity index (χ0v) is 15.1. The molecule has 1 aliphatic rings. The number of hydrogen-bond acceptors (Lipinski definition) is 5. The number of ether oxygens (including phenoxy) is 1. The Morgan fingerprint density at radius 3 is 2.74 bits per heavy atom. The van der Waals surface area contributed by atoms with Crippen LogP contribution in [-0.4, -0.2) is 44.1 Å². The van der Waals surface area contributed by atoms with Gasteiger partial charge in [-0.05, 0) is 24.3 Å². The van der Waals surface area contributed by atoms with Crippen molar-refractivity contribution in [2.75, 3.05) is 33.3 Å². The number of carbonyl (C=O) groups excluding carboxylic acids is 1. The third kappa shape index (κ3) is 3.59. The van der Waals surface area contributed by atoms with Crippen molar-refractivity contribution in [3.05, 3.63) is 64.4 Å². The van der Waals surface area contributed by atoms with Crippen LogP contribution in [0, 0.1) is 0 Å². The number of piperazine rings is 1. The summed E-state index contributed by atoms with van der Waals surface area (Å²) < 4.78 is 15.7. The number of furan rings is 1. The molecule has 0 radical (unpaired) electrons. The normalized spacial score (nSPS) is 15.2. The molecule has 1 N–H and O–H groups in total. The van der Waals surface area contributed by atoms with Gasteiger partial charge in [-0.1, -0.05) is 0 Å². The summed E-state index contributed by atoms with van der Waals surface area (Å²) in [6, 6.07) is 10.5. The van der Waals surface area contributed by atoms with Crippen molar-refractivity contribution in [3.8, 4) is 5.75 Å². The number of benzene rings is 1. The number of methoxy groups -OCH3 is 1. The predicted molar refractivity (Wildman–Crippen MR) is 98.0 cm³/mol. The molecule has 0 aliphatic carbocycles. The maximum absolute atomic E-state index is 12.4. The Hall–Kier alpha value is -3.06. The number of nitrogens with one attached hydrogen (secondary N) is 1. The smallest absolute Gasteiger partial charge is 0.336 e. The fourth-order valence-corrected chi connectivity index (χ4v) is 3.51. The van der Waals surface area contributed by atoms with E-state index in [-0.39, 0.29) is 11.5 Å². The van der Waals surface area contributed by atoms with Crippen LogP contribution in [0.15, 0.2) is 56.3 Å². The van der Waals surface area contributed by atoms with Crippen LogP contribution < -0.4 is 15.3 Å². The minimum atomic E-state index is -0.364. The van der Waals surface area contributed by atoms with E-state index in [0.29, 0.717) is 36.7 Å². The lowest BCUT2D eigenvalue weighted by atomic mass is 10.1. The van der Waals surface area contributed by atoms with Gasteiger partial charge in [0.2, 0.25) is 0 Å². The number of carbonyl (C=O) groups is 1. The summed E-state index contributed by atoms with van der Waals surface area (Å²) >= 11 is 0. The molecule has 1 aromatic carbocycles. The summed E-state index contributed by atoms with van der Waals surface area (Å²) in [4.78, 5) is 27.4. The number of rotatable bonds is 4. The highest BCUT2D eigenvalue weighted by atomic mass is 16.5. The van der Waals surface area contributed by atoms with E-state index < -0.39 is 0 Å². The topological polar surface area (TPSA) is 77.3 Å². The van der Waals surface area contributed by atoms with E-state index >= 15 is 0 Å². The maximum Gasteiger partial charge on any atom is 0.336 e. The fraction of sp³-hybridized carbons (Fsp3) is 0.300. The number of fused-ring (bicyclic) bond motifs is 1. The van der Waals surface area contributed by atoms with E-state index in [1.54, 1.807) is 31.4 Å². The average Bonchev–Trinajstić information content (AvgIpc) is 3.22. The van der Waals surface area contributed by atoms with Crippen LogP contribution in [-0.2, 0) is 6.54 Å². The van der Waals surface area contributed by atoms with Crippen molar-refractivity contribution in [2.45, 2.75) is 6.54 Å². The van der Waals surface area contributed by atoms with Crippen molar-refractivity contribution in [1.82, 2.24) is 4.90 Å². The Morgan fingerprint density at radius 1 is 1.22 bits per heavy atom. The first kappa shape index (κ1) is 17.4. The van der Waals surface area contributed by atoms with Crippen LogP contribution in [0.5, 0.6) is 5.75 Å². The summed E-state index contributed by atoms with van der Waals surface area (Å²) in [7, 11) is 1.58. The van der Waals surface area contributed by atoms with E-state index in [2.05, 4.69) is 0 Å². The van der Waals surface area contributed by atoms with E-state index in [1.807, 2.05) is 17.0 Å². The van der Waals surface area contributed by atoms with Crippen LogP contribution in [0.2, 0.25) is 0 Å². The zero-order valence-electron chi connectivity index (χ0n) is 15.1. The fourth-order valence-electron chi connectivity index (χ4n) is 3.51. The van der Waals surface area contributed by atoms with Crippen LogP contribution in [0.4, 0.5) is 0 Å². The minimum Gasteiger partial charge on any atom is -0.497 e. The van der Waals surface area contributed by atoms with Crippen molar-refractivity contribution < 1.29 is 23.3 Å². The molecule has 1 amide bonds. The second-order valence-electron chi connectivity index (χ2n) is 6.65. The van der Waals surface area contributed by atoms with Gasteiger partial charge >= 0.3 is 5.63 Å². The number of hydrogen-bond donors (Lipinski definition) is 1. The van der Waals surface area contributed by atoms with Crippen LogP contribution in [0.25, 0.3) is 11.0 Å². The second-order valence-corrected chi connectivity index (χ2v) is 6.65. The Labute approximate surface area is 155 Å². The Kier molecular flexibility index (Phi) is 4.68. The molecule has 0 unspecified atom stereocenters. The van der Waals surface area contributed by atoms with Crippen LogP contribution in [0.3, 0.4) is 0 Å². The van der Waals surface area contributed by atoms with E-state index in [4.69, 9.17) is 13.6 Å². The molecule has 0 atom stereocenters. The molecule has 2 aromatic heterocycles. The second kappa shape index (κ2) is 7.28. The SMILES string of the molecule is COc1ccc2c(C[NH+]3CCN(C(=O)c4ccco4)CC3)cc(=O)oc2c1. The zero-order chi connectivity index (χ0) is 18.8. The van der Waals surface area contributed by atoms with Gasteiger partial charge < -0.3 is 23.4 Å². The standard InChI is InChI=1S/C20H20N2O5/c1-25-15-4-5-16-14(11-19(23)27-18(16)12-15)13-21-6-8-22(9-7-21)20(24)17-3-2-10-26-17/h2-5,10-12H,6-9,13H2,1H3/p+1. The lowest BCUT2D eigenvalue weighted by molar-refractivity contribution is -0.917. The molecular weight excluding hydrogens is 348 g/mol. The number of quaternary nitrogens is 1. The third-order valence-electron chi connectivity index (χ3n) is 4.97. The summed E-state index contributed by atoms with van der Waals surface area (Å²) in [6.07, 6.45) is 1.51. The van der Waals surface area contributed by atoms with Gasteiger partial charge in [-0.25, -0.2) is 4.79 Å². The molecule has 1 fully saturated rings. The molecule has 7 nitrogen and oxygen atoms in total. The molecule has 7 heteroatoms. The largest absolute Gasteiger partial charge is 0.497 e. The van der Waals surface area contributed by atoms with Crippen molar-refractivity contribution in [3.63, 3.8) is 0 Å². The molecule has 3 aromatic rings. The van der Waals surface area contributed by atoms with Gasteiger partial charge in [0.05, 0.1) is 39.6 Å². The molecule has 1 saturated heterocycles. The summed E-state index contributed by atoms with van der Waals surface area (Å²) in [6.45, 7) is 3.63. The van der Waals surface area contributed by atoms with E-state index in [0.717, 1.165) is 24.0 Å². The molecule has 0 spiro atoms. The van der Waals surface area contributed by atoms with Gasteiger partial charge in [-0.3, -0.25) is 4.79 Å². The Balaban J connectivity index is 1.47. The highest BCUT2D eigenvalue weighted by Gasteiger charge is 2.26. The van der Waals surface area contributed by atoms with Crippen molar-refractivity contribution in [1.29, 1.82) is 0 Å². The van der Waals surface area contributed by atoms with Crippen LogP contribution in [0.1, 0.15) is 16.1 Å². The van der Waals surface area contributed by atoms with E-state index in [1.165, 1.54) is 11.2 Å². The predicted octanol–water partition coefficient (Wildman–Crippen LogP) is 0.935. The van der Waals surface area contributed by atoms with E-state index in [9.17, 15) is 9.59 Å². The lowest BCUT2D eigenvalue weighted by Gasteiger charge is -2.31. The number of nitrogens with zero attached hydrogens (tertiary/aromatic N) is 1. The molecular formula is C20H21N2O5+. The summed E-state index contributed by atoms with van der Waals surface area (Å²) in [5.41, 5.74) is 1.12. The maximum atomic E-state index is 12.4. The first-order valence-corrected chi connectivity index (χ1v) is 8.91. The van der Waals surface area contributed by atoms with Crippen molar-refractivity contribution in [2.24, 2.45) is 0 Å². The molecule has 0 bridgehead atoms. The summed E-state index contributed by atoms with van der Waals surface area (Å²) in [5, 5.41) is 0.914. The van der Waals surface area contributed by atoms with Crippen LogP contribution >= 0.6 is 0 Å². The average molecular weight is 369 g/mol. The molecule has 140 valence electrons. The quantitative estimate of drug-likeness (QED) is 0.693. The number of amides is 1. The Morgan fingerprint density at radius 2 is 2.04 bits per heavy atom. The van der Waals surface area contributed by atoms with Gasteiger partial charge in [-0.15, -0.1) is 0 Å². The molecule has 0 saturated carbocycles. The third-order valence-corrected chi connectivity index (χ3v) is 4.97. The van der Waals surface area contributed by atoms with Crippen molar-refractivity contribution >= 4 is 16.9 Å². The Bertz CT molecular complexity index is 1000. The molecule has 1 aliphatic heterocycles. The van der Waals surface area contributed by atoms with Gasteiger partial charge in [-0.2, -0.15) is 0 Å². The van der Waals surface area contributed by atoms with Gasteiger partial charge in [0.25, 0.3) is 5.91 Å². The van der Waals surface area contributed by atoms with Gasteiger partial charge in [0.15, 0.2) is 5.76 Å². The first-order chi connectivity index (χ1) is 13.1. The molecule has 4 rings (SSSR count). The highest BCUT2D eigenvalue weighted by Crippen LogP contribution is 2.22. The molecule has 3 heterocycles. The van der Waals surface area contributed by atoms with Gasteiger partial charge in [0.1, 0.15) is 17.9 Å². The monoisotopic (exact) mass is 369 g/mol. The first-order valence-electron chi connectivity index (χ1n) is 8.91. The summed E-state index contributed by atoms with van der Waals surface area (Å²) in [5.74, 6) is 0.955. The minimum absolute atomic E-state index is 0.0723. The van der Waals surface area contributed by atoms with Gasteiger partial charge in [0, 0.05) is 23.1 Å². The highest BCUT2D eigenvalue weighted by molar-refractivity contribution is 5.91. The molecule has 27 heavy (non-hydrogen) atoms.